The van der Waals surface area contributed by atoms with Gasteiger partial charge in [-0.15, -0.1) is 0 Å². The Kier molecular flexibility index (Phi) is 18.7. The molecule has 0 bridgehead atoms. The molecule has 0 aliphatic heterocycles. The van der Waals surface area contributed by atoms with Crippen LogP contribution in [-0.4, -0.2) is 12.6 Å². The van der Waals surface area contributed by atoms with Gasteiger partial charge in [0.05, 0.1) is 6.61 Å². The molecule has 0 N–H and O–H groups in total. The molecule has 0 aromatic rings. The van der Waals surface area contributed by atoms with E-state index in [1.807, 2.05) is 6.92 Å². The first-order valence-electron chi connectivity index (χ1n) is 9.71. The lowest BCUT2D eigenvalue weighted by Crippen LogP contribution is -2.04. The van der Waals surface area contributed by atoms with Gasteiger partial charge in [-0.05, 0) is 51.4 Å². The van der Waals surface area contributed by atoms with Gasteiger partial charge in [0, 0.05) is 6.42 Å². The summed E-state index contributed by atoms with van der Waals surface area (Å²) in [4.78, 5) is 11.3. The summed E-state index contributed by atoms with van der Waals surface area (Å²) in [5.74, 6) is -0.0748. The maximum atomic E-state index is 11.3. The number of carbonyl (C=O) groups is 1. The van der Waals surface area contributed by atoms with Gasteiger partial charge in [-0.2, -0.15) is 0 Å². The predicted octanol–water partition coefficient (Wildman–Crippen LogP) is 6.86. The molecule has 0 fully saturated rings. The third-order valence-electron chi connectivity index (χ3n) is 3.38. The SMILES string of the molecule is CC/C=C\C/C=C\C/C=C\C/C=C\C/C=C\CCCC(=O)OCCC. The number of hydrogen-bond donors (Lipinski definition) is 0. The van der Waals surface area contributed by atoms with Crippen molar-refractivity contribution >= 4 is 5.97 Å². The Balaban J connectivity index is 3.49. The second-order valence-electron chi connectivity index (χ2n) is 5.82. The van der Waals surface area contributed by atoms with E-state index in [9.17, 15) is 4.79 Å². The molecule has 2 nitrogen and oxygen atoms in total. The lowest BCUT2D eigenvalue weighted by molar-refractivity contribution is -0.143. The predicted molar refractivity (Wildman–Crippen MR) is 110 cm³/mol. The third-order valence-corrected chi connectivity index (χ3v) is 3.38. The lowest BCUT2D eigenvalue weighted by atomic mass is 10.2. The van der Waals surface area contributed by atoms with E-state index in [1.165, 1.54) is 0 Å². The van der Waals surface area contributed by atoms with E-state index < -0.39 is 0 Å². The maximum Gasteiger partial charge on any atom is 0.305 e. The summed E-state index contributed by atoms with van der Waals surface area (Å²) in [6.07, 6.45) is 30.2. The third kappa shape index (κ3) is 20.1. The van der Waals surface area contributed by atoms with Crippen LogP contribution in [0.4, 0.5) is 0 Å². The smallest absolute Gasteiger partial charge is 0.305 e. The molecule has 0 spiro atoms. The van der Waals surface area contributed by atoms with Crippen molar-refractivity contribution in [3.05, 3.63) is 60.8 Å². The van der Waals surface area contributed by atoms with Crippen molar-refractivity contribution in [2.45, 2.75) is 71.6 Å². The first-order valence-corrected chi connectivity index (χ1v) is 9.71. The average Bonchev–Trinajstić information content (AvgIpc) is 2.62. The minimum atomic E-state index is -0.0748. The number of hydrogen-bond acceptors (Lipinski definition) is 2. The summed E-state index contributed by atoms with van der Waals surface area (Å²) in [7, 11) is 0. The molecule has 0 saturated heterocycles. The van der Waals surface area contributed by atoms with Crippen LogP contribution in [0.15, 0.2) is 60.8 Å². The molecule has 0 rings (SSSR count). The number of ether oxygens (including phenoxy) is 1. The van der Waals surface area contributed by atoms with E-state index in [0.717, 1.165) is 51.4 Å². The van der Waals surface area contributed by atoms with Crippen LogP contribution < -0.4 is 0 Å². The van der Waals surface area contributed by atoms with E-state index in [-0.39, 0.29) is 5.97 Å². The molecular formula is C23H36O2. The molecule has 25 heavy (non-hydrogen) atoms. The fraction of sp³-hybridized carbons (Fsp3) is 0.522. The van der Waals surface area contributed by atoms with Crippen molar-refractivity contribution in [1.82, 2.24) is 0 Å². The number of carbonyl (C=O) groups excluding carboxylic acids is 1. The average molecular weight is 345 g/mol. The van der Waals surface area contributed by atoms with Gasteiger partial charge >= 0.3 is 5.97 Å². The Labute approximate surface area is 155 Å². The van der Waals surface area contributed by atoms with Gasteiger partial charge in [0.2, 0.25) is 0 Å². The Hall–Kier alpha value is -1.83. The van der Waals surface area contributed by atoms with Crippen molar-refractivity contribution in [3.63, 3.8) is 0 Å². The normalized spacial score (nSPS) is 12.6. The van der Waals surface area contributed by atoms with Gasteiger partial charge in [0.1, 0.15) is 0 Å². The van der Waals surface area contributed by atoms with Crippen LogP contribution in [0.3, 0.4) is 0 Å². The van der Waals surface area contributed by atoms with Gasteiger partial charge in [0.15, 0.2) is 0 Å². The Morgan fingerprint density at radius 2 is 1.20 bits per heavy atom. The highest BCUT2D eigenvalue weighted by molar-refractivity contribution is 5.69. The molecule has 2 heteroatoms. The molecule has 0 radical (unpaired) electrons. The van der Waals surface area contributed by atoms with Crippen LogP contribution in [-0.2, 0) is 9.53 Å². The van der Waals surface area contributed by atoms with E-state index in [4.69, 9.17) is 4.74 Å². The zero-order valence-corrected chi connectivity index (χ0v) is 16.2. The molecule has 0 atom stereocenters. The monoisotopic (exact) mass is 344 g/mol. The number of rotatable bonds is 15. The fourth-order valence-corrected chi connectivity index (χ4v) is 2.02. The van der Waals surface area contributed by atoms with E-state index in [1.54, 1.807) is 0 Å². The molecule has 0 heterocycles. The van der Waals surface area contributed by atoms with Gasteiger partial charge < -0.3 is 4.74 Å². The summed E-state index contributed by atoms with van der Waals surface area (Å²) in [6, 6.07) is 0. The number of esters is 1. The molecule has 0 amide bonds. The minimum Gasteiger partial charge on any atom is -0.466 e. The molecule has 0 aromatic carbocycles. The van der Waals surface area contributed by atoms with Crippen LogP contribution in [0.2, 0.25) is 0 Å². The summed E-state index contributed by atoms with van der Waals surface area (Å²) in [5.41, 5.74) is 0. The summed E-state index contributed by atoms with van der Waals surface area (Å²) in [5, 5.41) is 0. The molecule has 0 saturated carbocycles. The molecule has 0 aliphatic carbocycles. The van der Waals surface area contributed by atoms with Crippen molar-refractivity contribution in [2.75, 3.05) is 6.61 Å². The Morgan fingerprint density at radius 3 is 1.68 bits per heavy atom. The lowest BCUT2D eigenvalue weighted by Gasteiger charge is -2.00. The van der Waals surface area contributed by atoms with Gasteiger partial charge in [-0.3, -0.25) is 4.79 Å². The van der Waals surface area contributed by atoms with E-state index in [0.29, 0.717) is 13.0 Å². The highest BCUT2D eigenvalue weighted by Crippen LogP contribution is 2.01. The largest absolute Gasteiger partial charge is 0.466 e. The molecule has 0 aliphatic rings. The number of allylic oxidation sites excluding steroid dienone is 10. The summed E-state index contributed by atoms with van der Waals surface area (Å²) in [6.45, 7) is 4.70. The van der Waals surface area contributed by atoms with Crippen LogP contribution in [0.1, 0.15) is 71.6 Å². The van der Waals surface area contributed by atoms with Gasteiger partial charge in [0.25, 0.3) is 0 Å². The van der Waals surface area contributed by atoms with Crippen LogP contribution in [0.5, 0.6) is 0 Å². The van der Waals surface area contributed by atoms with Crippen LogP contribution in [0.25, 0.3) is 0 Å². The zero-order chi connectivity index (χ0) is 18.4. The Morgan fingerprint density at radius 1 is 0.720 bits per heavy atom. The molecule has 0 aromatic heterocycles. The first-order chi connectivity index (χ1) is 12.3. The second-order valence-corrected chi connectivity index (χ2v) is 5.82. The summed E-state index contributed by atoms with van der Waals surface area (Å²) < 4.78 is 5.03. The minimum absolute atomic E-state index is 0.0748. The fourth-order valence-electron chi connectivity index (χ4n) is 2.02. The van der Waals surface area contributed by atoms with Gasteiger partial charge in [-0.1, -0.05) is 74.6 Å². The highest BCUT2D eigenvalue weighted by Gasteiger charge is 1.99. The first kappa shape index (κ1) is 23.2. The van der Waals surface area contributed by atoms with Crippen LogP contribution >= 0.6 is 0 Å². The van der Waals surface area contributed by atoms with Crippen molar-refractivity contribution < 1.29 is 9.53 Å². The second kappa shape index (κ2) is 20.2. The molecule has 0 unspecified atom stereocenters. The van der Waals surface area contributed by atoms with Gasteiger partial charge in [-0.25, -0.2) is 0 Å². The van der Waals surface area contributed by atoms with Crippen molar-refractivity contribution in [3.8, 4) is 0 Å². The maximum absolute atomic E-state index is 11.3. The van der Waals surface area contributed by atoms with Crippen molar-refractivity contribution in [1.29, 1.82) is 0 Å². The zero-order valence-electron chi connectivity index (χ0n) is 16.2. The van der Waals surface area contributed by atoms with E-state index >= 15 is 0 Å². The van der Waals surface area contributed by atoms with Crippen LogP contribution in [0, 0.1) is 0 Å². The summed E-state index contributed by atoms with van der Waals surface area (Å²) >= 11 is 0. The molecule has 140 valence electrons. The van der Waals surface area contributed by atoms with E-state index in [2.05, 4.69) is 67.7 Å². The molecular weight excluding hydrogens is 308 g/mol. The topological polar surface area (TPSA) is 26.3 Å². The highest BCUT2D eigenvalue weighted by atomic mass is 16.5. The quantitative estimate of drug-likeness (QED) is 0.184. The number of unbranched alkanes of at least 4 members (excludes halogenated alkanes) is 1. The Bertz CT molecular complexity index is 439. The van der Waals surface area contributed by atoms with Crippen molar-refractivity contribution in [2.24, 2.45) is 0 Å². The standard InChI is InChI=1S/C23H36O2/c1-3-5-6-7-8-9-10-11-12-13-14-15-16-17-18-19-20-21-23(24)25-22-4-2/h5-6,8-9,11-12,14-15,17-18H,3-4,7,10,13,16,19-22H2,1-2H3/b6-5-,9-8-,12-11-,15-14-,18-17-.